The fourth-order valence-electron chi connectivity index (χ4n) is 2.45. The second kappa shape index (κ2) is 6.16. The molecule has 3 aromatic rings. The lowest BCUT2D eigenvalue weighted by atomic mass is 10.1. The number of imidazole rings is 1. The van der Waals surface area contributed by atoms with Gasteiger partial charge in [0.1, 0.15) is 17.4 Å². The third-order valence-corrected chi connectivity index (χ3v) is 3.64. The first-order valence-electron chi connectivity index (χ1n) is 7.43. The Morgan fingerprint density at radius 3 is 2.35 bits per heavy atom. The molecule has 3 nitrogen and oxygen atoms in total. The van der Waals surface area contributed by atoms with Crippen LogP contribution >= 0.6 is 0 Å². The number of carbonyl (C=O) groups is 1. The van der Waals surface area contributed by atoms with E-state index in [1.807, 2.05) is 42.0 Å². The Morgan fingerprint density at radius 2 is 1.74 bits per heavy atom. The van der Waals surface area contributed by atoms with Crippen LogP contribution in [0, 0.1) is 12.7 Å². The highest BCUT2D eigenvalue weighted by Gasteiger charge is 2.13. The molecule has 0 fully saturated rings. The Bertz CT molecular complexity index is 833. The van der Waals surface area contributed by atoms with Crippen molar-refractivity contribution in [3.8, 4) is 16.9 Å². The van der Waals surface area contributed by atoms with Crippen LogP contribution < -0.4 is 0 Å². The molecule has 23 heavy (non-hydrogen) atoms. The van der Waals surface area contributed by atoms with E-state index in [4.69, 9.17) is 0 Å². The van der Waals surface area contributed by atoms with Gasteiger partial charge in [0.15, 0.2) is 0 Å². The van der Waals surface area contributed by atoms with Crippen molar-refractivity contribution in [2.75, 3.05) is 0 Å². The summed E-state index contributed by atoms with van der Waals surface area (Å²) >= 11 is 0. The molecule has 0 bridgehead atoms. The molecule has 0 radical (unpaired) electrons. The number of halogens is 1. The van der Waals surface area contributed by atoms with Crippen molar-refractivity contribution in [2.45, 2.75) is 20.3 Å². The quantitative estimate of drug-likeness (QED) is 0.726. The Hall–Kier alpha value is -2.75. The van der Waals surface area contributed by atoms with Gasteiger partial charge in [-0.2, -0.15) is 0 Å². The van der Waals surface area contributed by atoms with Gasteiger partial charge in [-0.15, -0.1) is 0 Å². The summed E-state index contributed by atoms with van der Waals surface area (Å²) in [6.07, 6.45) is 2.12. The van der Waals surface area contributed by atoms with E-state index in [9.17, 15) is 9.18 Å². The van der Waals surface area contributed by atoms with E-state index in [1.54, 1.807) is 12.1 Å². The number of aryl methyl sites for hydroxylation is 1. The van der Waals surface area contributed by atoms with Crippen molar-refractivity contribution < 1.29 is 9.18 Å². The number of nitrogens with zero attached hydrogens (tertiary/aromatic N) is 2. The maximum absolute atomic E-state index is 13.1. The van der Waals surface area contributed by atoms with Gasteiger partial charge >= 0.3 is 0 Å². The molecule has 1 aromatic heterocycles. The van der Waals surface area contributed by atoms with Crippen LogP contribution in [-0.4, -0.2) is 15.3 Å². The van der Waals surface area contributed by atoms with Gasteiger partial charge < -0.3 is 4.57 Å². The number of carbonyl (C=O) groups excluding carboxylic acids is 1. The predicted molar refractivity (Wildman–Crippen MR) is 88.1 cm³/mol. The summed E-state index contributed by atoms with van der Waals surface area (Å²) in [5.41, 5.74) is 3.75. The van der Waals surface area contributed by atoms with E-state index in [-0.39, 0.29) is 18.0 Å². The van der Waals surface area contributed by atoms with Crippen LogP contribution in [0.5, 0.6) is 0 Å². The Labute approximate surface area is 134 Å². The topological polar surface area (TPSA) is 34.9 Å². The van der Waals surface area contributed by atoms with Crippen LogP contribution in [0.2, 0.25) is 0 Å². The maximum Gasteiger partial charge on any atom is 0.137 e. The van der Waals surface area contributed by atoms with Gasteiger partial charge in [-0.3, -0.25) is 4.79 Å². The lowest BCUT2D eigenvalue weighted by Gasteiger charge is -2.06. The smallest absolute Gasteiger partial charge is 0.137 e. The molecule has 0 unspecified atom stereocenters. The van der Waals surface area contributed by atoms with Crippen LogP contribution in [0.1, 0.15) is 18.3 Å². The molecule has 0 atom stereocenters. The zero-order valence-corrected chi connectivity index (χ0v) is 13.1. The van der Waals surface area contributed by atoms with Crippen molar-refractivity contribution in [3.63, 3.8) is 0 Å². The molecule has 0 aliphatic carbocycles. The summed E-state index contributed by atoms with van der Waals surface area (Å²) < 4.78 is 15.0. The Kier molecular flexibility index (Phi) is 4.06. The SMILES string of the molecule is CC(=O)Cc1nc(-c2ccc(C)cc2)cn1-c1ccc(F)cc1. The highest BCUT2D eigenvalue weighted by Crippen LogP contribution is 2.22. The molecule has 0 N–H and O–H groups in total. The molecule has 3 rings (SSSR count). The molecule has 4 heteroatoms. The van der Waals surface area contributed by atoms with Crippen LogP contribution in [0.4, 0.5) is 4.39 Å². The fraction of sp³-hybridized carbons (Fsp3) is 0.158. The number of hydrogen-bond acceptors (Lipinski definition) is 2. The standard InChI is InChI=1S/C19H17FN2O/c1-13-3-5-15(6-4-13)18-12-22(19(21-18)11-14(2)23)17-9-7-16(20)8-10-17/h3-10,12H,11H2,1-2H3. The molecule has 0 aliphatic rings. The number of rotatable bonds is 4. The van der Waals surface area contributed by atoms with Crippen LogP contribution in [-0.2, 0) is 11.2 Å². The summed E-state index contributed by atoms with van der Waals surface area (Å²) in [4.78, 5) is 16.1. The summed E-state index contributed by atoms with van der Waals surface area (Å²) in [5.74, 6) is 0.398. The first-order chi connectivity index (χ1) is 11.0. The average Bonchev–Trinajstić information content (AvgIpc) is 2.92. The number of aromatic nitrogens is 2. The van der Waals surface area contributed by atoms with Crippen molar-refractivity contribution >= 4 is 5.78 Å². The van der Waals surface area contributed by atoms with Gasteiger partial charge in [0.25, 0.3) is 0 Å². The maximum atomic E-state index is 13.1. The molecular formula is C19H17FN2O. The molecule has 0 saturated carbocycles. The zero-order chi connectivity index (χ0) is 16.4. The number of benzene rings is 2. The van der Waals surface area contributed by atoms with Crippen molar-refractivity contribution in [3.05, 3.63) is 71.9 Å². The summed E-state index contributed by atoms with van der Waals surface area (Å²) in [6.45, 7) is 3.57. The van der Waals surface area contributed by atoms with Crippen LogP contribution in [0.3, 0.4) is 0 Å². The predicted octanol–water partition coefficient (Wildman–Crippen LogP) is 4.12. The second-order valence-electron chi connectivity index (χ2n) is 5.63. The first-order valence-corrected chi connectivity index (χ1v) is 7.43. The largest absolute Gasteiger partial charge is 0.303 e. The van der Waals surface area contributed by atoms with Crippen LogP contribution in [0.15, 0.2) is 54.7 Å². The Balaban J connectivity index is 2.08. The zero-order valence-electron chi connectivity index (χ0n) is 13.1. The molecule has 0 spiro atoms. The molecule has 2 aromatic carbocycles. The van der Waals surface area contributed by atoms with E-state index in [0.29, 0.717) is 5.82 Å². The minimum atomic E-state index is -0.291. The molecule has 116 valence electrons. The normalized spacial score (nSPS) is 10.7. The van der Waals surface area contributed by atoms with Gasteiger partial charge in [0.2, 0.25) is 0 Å². The highest BCUT2D eigenvalue weighted by molar-refractivity contribution is 5.78. The van der Waals surface area contributed by atoms with E-state index in [2.05, 4.69) is 4.98 Å². The Morgan fingerprint density at radius 1 is 1.09 bits per heavy atom. The van der Waals surface area contributed by atoms with E-state index in [0.717, 1.165) is 16.9 Å². The van der Waals surface area contributed by atoms with Crippen LogP contribution in [0.25, 0.3) is 16.9 Å². The summed E-state index contributed by atoms with van der Waals surface area (Å²) in [7, 11) is 0. The molecule has 0 aliphatic heterocycles. The fourth-order valence-corrected chi connectivity index (χ4v) is 2.45. The average molecular weight is 308 g/mol. The van der Waals surface area contributed by atoms with Gasteiger partial charge in [-0.25, -0.2) is 9.37 Å². The minimum absolute atomic E-state index is 0.0365. The van der Waals surface area contributed by atoms with Crippen molar-refractivity contribution in [2.24, 2.45) is 0 Å². The second-order valence-corrected chi connectivity index (χ2v) is 5.63. The third-order valence-electron chi connectivity index (χ3n) is 3.64. The monoisotopic (exact) mass is 308 g/mol. The lowest BCUT2D eigenvalue weighted by Crippen LogP contribution is -2.05. The molecule has 0 amide bonds. The summed E-state index contributed by atoms with van der Waals surface area (Å²) in [6, 6.07) is 14.2. The lowest BCUT2D eigenvalue weighted by molar-refractivity contribution is -0.116. The van der Waals surface area contributed by atoms with Crippen molar-refractivity contribution in [1.29, 1.82) is 0 Å². The molecule has 1 heterocycles. The van der Waals surface area contributed by atoms with E-state index >= 15 is 0 Å². The molecular weight excluding hydrogens is 291 g/mol. The molecule has 0 saturated heterocycles. The summed E-state index contributed by atoms with van der Waals surface area (Å²) in [5, 5.41) is 0. The van der Waals surface area contributed by atoms with Gasteiger partial charge in [0, 0.05) is 17.4 Å². The van der Waals surface area contributed by atoms with Gasteiger partial charge in [-0.1, -0.05) is 29.8 Å². The minimum Gasteiger partial charge on any atom is -0.303 e. The first kappa shape index (κ1) is 15.2. The van der Waals surface area contributed by atoms with Gasteiger partial charge in [0.05, 0.1) is 12.1 Å². The van der Waals surface area contributed by atoms with Gasteiger partial charge in [-0.05, 0) is 38.1 Å². The highest BCUT2D eigenvalue weighted by atomic mass is 19.1. The van der Waals surface area contributed by atoms with E-state index in [1.165, 1.54) is 24.6 Å². The number of hydrogen-bond donors (Lipinski definition) is 0. The number of Topliss-reactive ketones (excluding diaryl/α,β-unsaturated/α-hetero) is 1. The third kappa shape index (κ3) is 3.37. The number of ketones is 1. The van der Waals surface area contributed by atoms with Crippen molar-refractivity contribution in [1.82, 2.24) is 9.55 Å². The van der Waals surface area contributed by atoms with E-state index < -0.39 is 0 Å².